The summed E-state index contributed by atoms with van der Waals surface area (Å²) in [6, 6.07) is 0. The van der Waals surface area contributed by atoms with Crippen LogP contribution in [0.2, 0.25) is 0 Å². The van der Waals surface area contributed by atoms with Gasteiger partial charge in [0.15, 0.2) is 0 Å². The maximum absolute atomic E-state index is 9.43. The molecule has 72 valence electrons. The van der Waals surface area contributed by atoms with Gasteiger partial charge < -0.3 is 14.9 Å². The van der Waals surface area contributed by atoms with E-state index >= 15 is 0 Å². The van der Waals surface area contributed by atoms with Crippen molar-refractivity contribution in [2.75, 3.05) is 13.2 Å². The van der Waals surface area contributed by atoms with Crippen LogP contribution in [0.1, 0.15) is 20.3 Å². The van der Waals surface area contributed by atoms with Crippen molar-refractivity contribution in [3.05, 3.63) is 0 Å². The van der Waals surface area contributed by atoms with Crippen molar-refractivity contribution in [2.45, 2.75) is 20.3 Å². The molecule has 0 unspecified atom stereocenters. The lowest BCUT2D eigenvalue weighted by Gasteiger charge is -1.86. The SMILES string of the molecule is CCOCC.O=C(O)CC(=O)O. The average Bonchev–Trinajstić information content (AvgIpc) is 1.87. The standard InChI is InChI=1S/C4H10O.C3H4O4/c1-3-5-4-2;4-2(5)1-3(6)7/h3-4H2,1-2H3;1H2,(H,4,5)(H,6,7). The second-order valence-corrected chi connectivity index (χ2v) is 1.75. The number of aliphatic carboxylic acids is 2. The predicted molar refractivity (Wildman–Crippen MR) is 42.1 cm³/mol. The number of ether oxygens (including phenoxy) is 1. The van der Waals surface area contributed by atoms with Crippen LogP contribution in [0.5, 0.6) is 0 Å². The van der Waals surface area contributed by atoms with Crippen LogP contribution in [0, 0.1) is 0 Å². The highest BCUT2D eigenvalue weighted by atomic mass is 16.5. The molecule has 2 N–H and O–H groups in total. The summed E-state index contributed by atoms with van der Waals surface area (Å²) in [5.74, 6) is -2.62. The Balaban J connectivity index is 0. The molecule has 0 amide bonds. The highest BCUT2D eigenvalue weighted by molar-refractivity contribution is 5.88. The topological polar surface area (TPSA) is 83.8 Å². The highest BCUT2D eigenvalue weighted by Crippen LogP contribution is 1.74. The fourth-order valence-corrected chi connectivity index (χ4v) is 0.333. The lowest BCUT2D eigenvalue weighted by Crippen LogP contribution is -2.03. The molecule has 5 nitrogen and oxygen atoms in total. The summed E-state index contributed by atoms with van der Waals surface area (Å²) >= 11 is 0. The predicted octanol–water partition coefficient (Wildman–Crippen LogP) is 0.589. The van der Waals surface area contributed by atoms with Gasteiger partial charge in [0.1, 0.15) is 6.42 Å². The summed E-state index contributed by atoms with van der Waals surface area (Å²) in [6.45, 7) is 5.67. The summed E-state index contributed by atoms with van der Waals surface area (Å²) < 4.78 is 4.83. The van der Waals surface area contributed by atoms with Crippen LogP contribution in [-0.4, -0.2) is 35.4 Å². The van der Waals surface area contributed by atoms with Gasteiger partial charge in [-0.1, -0.05) is 0 Å². The molecule has 0 aliphatic carbocycles. The lowest BCUT2D eigenvalue weighted by molar-refractivity contribution is -0.147. The van der Waals surface area contributed by atoms with Crippen molar-refractivity contribution in [3.8, 4) is 0 Å². The first-order valence-electron chi connectivity index (χ1n) is 3.55. The van der Waals surface area contributed by atoms with Gasteiger partial charge in [-0.3, -0.25) is 9.59 Å². The Morgan fingerprint density at radius 1 is 1.08 bits per heavy atom. The molecule has 0 atom stereocenters. The zero-order valence-corrected chi connectivity index (χ0v) is 7.24. The van der Waals surface area contributed by atoms with Gasteiger partial charge in [0.05, 0.1) is 0 Å². The van der Waals surface area contributed by atoms with E-state index < -0.39 is 18.4 Å². The second-order valence-electron chi connectivity index (χ2n) is 1.75. The fraction of sp³-hybridized carbons (Fsp3) is 0.714. The zero-order valence-electron chi connectivity index (χ0n) is 7.24. The van der Waals surface area contributed by atoms with Crippen LogP contribution in [0.3, 0.4) is 0 Å². The maximum Gasteiger partial charge on any atom is 0.314 e. The van der Waals surface area contributed by atoms with E-state index in [-0.39, 0.29) is 0 Å². The molecule has 0 aliphatic rings. The summed E-state index contributed by atoms with van der Waals surface area (Å²) in [5.41, 5.74) is 0. The Morgan fingerprint density at radius 2 is 1.42 bits per heavy atom. The van der Waals surface area contributed by atoms with E-state index in [1.54, 1.807) is 0 Å². The number of hydrogen-bond donors (Lipinski definition) is 2. The number of carboxylic acids is 2. The van der Waals surface area contributed by atoms with Gasteiger partial charge in [-0.25, -0.2) is 0 Å². The van der Waals surface area contributed by atoms with Crippen molar-refractivity contribution in [1.29, 1.82) is 0 Å². The largest absolute Gasteiger partial charge is 0.481 e. The molecule has 0 radical (unpaired) electrons. The Kier molecular flexibility index (Phi) is 11.1. The van der Waals surface area contributed by atoms with E-state index in [0.29, 0.717) is 0 Å². The second kappa shape index (κ2) is 9.90. The van der Waals surface area contributed by atoms with E-state index in [4.69, 9.17) is 14.9 Å². The first-order chi connectivity index (χ1) is 5.54. The van der Waals surface area contributed by atoms with E-state index in [1.165, 1.54) is 0 Å². The third kappa shape index (κ3) is 23.1. The molecule has 0 fully saturated rings. The number of carboxylic acid groups (broad SMARTS) is 2. The molecule has 0 aliphatic heterocycles. The van der Waals surface area contributed by atoms with Crippen molar-refractivity contribution in [3.63, 3.8) is 0 Å². The molecule has 0 saturated heterocycles. The Morgan fingerprint density at radius 3 is 1.42 bits per heavy atom. The van der Waals surface area contributed by atoms with Gasteiger partial charge in [0.2, 0.25) is 0 Å². The van der Waals surface area contributed by atoms with Crippen molar-refractivity contribution in [1.82, 2.24) is 0 Å². The van der Waals surface area contributed by atoms with Gasteiger partial charge in [-0.15, -0.1) is 0 Å². The minimum Gasteiger partial charge on any atom is -0.481 e. The van der Waals surface area contributed by atoms with E-state index in [9.17, 15) is 9.59 Å². The van der Waals surface area contributed by atoms with Crippen LogP contribution < -0.4 is 0 Å². The van der Waals surface area contributed by atoms with Gasteiger partial charge in [-0.2, -0.15) is 0 Å². The van der Waals surface area contributed by atoms with Crippen LogP contribution in [0.25, 0.3) is 0 Å². The van der Waals surface area contributed by atoms with E-state index in [2.05, 4.69) is 0 Å². The monoisotopic (exact) mass is 178 g/mol. The Labute approximate surface area is 71.0 Å². The summed E-state index contributed by atoms with van der Waals surface area (Å²) in [5, 5.41) is 15.4. The van der Waals surface area contributed by atoms with E-state index in [1.807, 2.05) is 13.8 Å². The maximum atomic E-state index is 9.43. The third-order valence-electron chi connectivity index (χ3n) is 0.711. The first-order valence-corrected chi connectivity index (χ1v) is 3.55. The number of hydrogen-bond acceptors (Lipinski definition) is 3. The quantitative estimate of drug-likeness (QED) is 0.615. The normalized spacial score (nSPS) is 8.17. The summed E-state index contributed by atoms with van der Waals surface area (Å²) in [6.07, 6.45) is -0.806. The van der Waals surface area contributed by atoms with Crippen LogP contribution in [0.15, 0.2) is 0 Å². The Hall–Kier alpha value is -1.10. The van der Waals surface area contributed by atoms with Crippen LogP contribution in [-0.2, 0) is 14.3 Å². The molecule has 5 heteroatoms. The minimum atomic E-state index is -1.31. The van der Waals surface area contributed by atoms with Gasteiger partial charge >= 0.3 is 11.9 Å². The number of rotatable bonds is 4. The molecule has 0 rings (SSSR count). The number of carbonyl (C=O) groups is 2. The molecule has 0 spiro atoms. The summed E-state index contributed by atoms with van der Waals surface area (Å²) in [4.78, 5) is 18.9. The van der Waals surface area contributed by atoms with Crippen molar-refractivity contribution < 1.29 is 24.5 Å². The van der Waals surface area contributed by atoms with Gasteiger partial charge in [0.25, 0.3) is 0 Å². The minimum absolute atomic E-state index is 0.806. The van der Waals surface area contributed by atoms with E-state index in [0.717, 1.165) is 13.2 Å². The molecular formula is C7H14O5. The van der Waals surface area contributed by atoms with Crippen LogP contribution >= 0.6 is 0 Å². The molecular weight excluding hydrogens is 164 g/mol. The summed E-state index contributed by atoms with van der Waals surface area (Å²) in [7, 11) is 0. The van der Waals surface area contributed by atoms with Gasteiger partial charge in [-0.05, 0) is 13.8 Å². The van der Waals surface area contributed by atoms with Gasteiger partial charge in [0, 0.05) is 13.2 Å². The third-order valence-corrected chi connectivity index (χ3v) is 0.711. The molecule has 0 bridgehead atoms. The fourth-order valence-electron chi connectivity index (χ4n) is 0.333. The highest BCUT2D eigenvalue weighted by Gasteiger charge is 2.01. The molecule has 0 aromatic heterocycles. The molecule has 12 heavy (non-hydrogen) atoms. The average molecular weight is 178 g/mol. The Bertz CT molecular complexity index is 118. The van der Waals surface area contributed by atoms with Crippen molar-refractivity contribution in [2.24, 2.45) is 0 Å². The molecule has 0 aromatic rings. The lowest BCUT2D eigenvalue weighted by atomic mass is 10.5. The smallest absolute Gasteiger partial charge is 0.314 e. The van der Waals surface area contributed by atoms with Crippen molar-refractivity contribution >= 4 is 11.9 Å². The first kappa shape index (κ1) is 13.5. The molecule has 0 heterocycles. The van der Waals surface area contributed by atoms with Crippen LogP contribution in [0.4, 0.5) is 0 Å². The molecule has 0 saturated carbocycles. The zero-order chi connectivity index (χ0) is 9.98. The molecule has 0 aromatic carbocycles.